The van der Waals surface area contributed by atoms with Gasteiger partial charge in [0.2, 0.25) is 0 Å². The average molecular weight is 380 g/mol. The van der Waals surface area contributed by atoms with Crippen LogP contribution in [-0.2, 0) is 7.05 Å². The van der Waals surface area contributed by atoms with Crippen LogP contribution >= 0.6 is 0 Å². The van der Waals surface area contributed by atoms with Crippen molar-refractivity contribution in [2.45, 2.75) is 13.8 Å². The van der Waals surface area contributed by atoms with Gasteiger partial charge >= 0.3 is 0 Å². The van der Waals surface area contributed by atoms with Crippen LogP contribution in [0.5, 0.6) is 0 Å². The standard InChI is InChI=1S/C25H20N2O2/c1-14-11-12-15(2)19(13-14)26-23-22-16-7-4-5-8-17(16)24(28)18-9-6-10-20(21(18)22)27(3)25(23)29/h4-13,26H,1-3H3. The third kappa shape index (κ3) is 2.46. The minimum Gasteiger partial charge on any atom is -0.350 e. The van der Waals surface area contributed by atoms with Crippen molar-refractivity contribution in [3.8, 4) is 11.1 Å². The van der Waals surface area contributed by atoms with Crippen LogP contribution in [0.3, 0.4) is 0 Å². The van der Waals surface area contributed by atoms with Crippen molar-refractivity contribution in [2.24, 2.45) is 7.05 Å². The number of nitrogens with one attached hydrogen (secondary N) is 1. The zero-order valence-electron chi connectivity index (χ0n) is 16.5. The summed E-state index contributed by atoms with van der Waals surface area (Å²) in [6, 6.07) is 19.2. The molecule has 29 heavy (non-hydrogen) atoms. The number of hydrogen-bond acceptors (Lipinski definition) is 3. The molecule has 1 aromatic heterocycles. The smallest absolute Gasteiger partial charge is 0.275 e. The predicted octanol–water partition coefficient (Wildman–Crippen LogP) is 5.11. The average Bonchev–Trinajstić information content (AvgIpc) is 2.73. The molecule has 1 aliphatic rings. The van der Waals surface area contributed by atoms with Gasteiger partial charge in [-0.2, -0.15) is 0 Å². The molecule has 4 nitrogen and oxygen atoms in total. The first kappa shape index (κ1) is 17.4. The monoisotopic (exact) mass is 380 g/mol. The topological polar surface area (TPSA) is 51.1 Å². The van der Waals surface area contributed by atoms with E-state index in [1.807, 2.05) is 68.4 Å². The Bertz CT molecular complexity index is 1400. The number of ketones is 1. The van der Waals surface area contributed by atoms with Gasteiger partial charge in [-0.15, -0.1) is 0 Å². The first-order valence-electron chi connectivity index (χ1n) is 9.61. The zero-order valence-corrected chi connectivity index (χ0v) is 16.5. The van der Waals surface area contributed by atoms with Gasteiger partial charge in [-0.25, -0.2) is 0 Å². The van der Waals surface area contributed by atoms with Crippen molar-refractivity contribution >= 4 is 28.1 Å². The van der Waals surface area contributed by atoms with Crippen LogP contribution in [0.2, 0.25) is 0 Å². The van der Waals surface area contributed by atoms with E-state index < -0.39 is 0 Å². The first-order chi connectivity index (χ1) is 14.0. The number of anilines is 2. The van der Waals surface area contributed by atoms with Crippen LogP contribution < -0.4 is 10.9 Å². The second-order valence-corrected chi connectivity index (χ2v) is 7.63. The molecule has 4 heteroatoms. The third-order valence-electron chi connectivity index (χ3n) is 5.76. The van der Waals surface area contributed by atoms with E-state index in [0.717, 1.165) is 38.8 Å². The molecule has 5 rings (SSSR count). The highest BCUT2D eigenvalue weighted by Crippen LogP contribution is 2.42. The number of carbonyl (C=O) groups is 1. The van der Waals surface area contributed by atoms with Gasteiger partial charge in [0.15, 0.2) is 5.78 Å². The molecule has 0 bridgehead atoms. The lowest BCUT2D eigenvalue weighted by Crippen LogP contribution is -2.24. The molecule has 4 aromatic rings. The van der Waals surface area contributed by atoms with E-state index in [1.54, 1.807) is 11.6 Å². The molecule has 3 aromatic carbocycles. The molecule has 0 aliphatic heterocycles. The molecular formula is C25H20N2O2. The Morgan fingerprint density at radius 1 is 0.828 bits per heavy atom. The van der Waals surface area contributed by atoms with E-state index in [1.165, 1.54) is 0 Å². The summed E-state index contributed by atoms with van der Waals surface area (Å²) in [6.07, 6.45) is 0. The summed E-state index contributed by atoms with van der Waals surface area (Å²) >= 11 is 0. The van der Waals surface area contributed by atoms with E-state index in [4.69, 9.17) is 0 Å². The number of hydrogen-bond donors (Lipinski definition) is 1. The van der Waals surface area contributed by atoms with Gasteiger partial charge in [0, 0.05) is 34.8 Å². The summed E-state index contributed by atoms with van der Waals surface area (Å²) in [6.45, 7) is 4.04. The van der Waals surface area contributed by atoms with Gasteiger partial charge in [-0.3, -0.25) is 9.59 Å². The molecule has 0 spiro atoms. The van der Waals surface area contributed by atoms with Gasteiger partial charge in [-0.05, 0) is 42.7 Å². The van der Waals surface area contributed by atoms with Crippen LogP contribution in [0.1, 0.15) is 27.0 Å². The lowest BCUT2D eigenvalue weighted by atomic mass is 9.83. The molecule has 0 atom stereocenters. The van der Waals surface area contributed by atoms with E-state index in [9.17, 15) is 9.59 Å². The van der Waals surface area contributed by atoms with Gasteiger partial charge in [0.25, 0.3) is 5.56 Å². The van der Waals surface area contributed by atoms with E-state index >= 15 is 0 Å². The number of rotatable bonds is 2. The zero-order chi connectivity index (χ0) is 20.3. The van der Waals surface area contributed by atoms with E-state index in [0.29, 0.717) is 16.8 Å². The van der Waals surface area contributed by atoms with E-state index in [-0.39, 0.29) is 11.3 Å². The Balaban J connectivity index is 1.93. The molecule has 1 heterocycles. The van der Waals surface area contributed by atoms with Crippen molar-refractivity contribution in [1.82, 2.24) is 4.57 Å². The predicted molar refractivity (Wildman–Crippen MR) is 117 cm³/mol. The van der Waals surface area contributed by atoms with Crippen LogP contribution in [0.4, 0.5) is 11.4 Å². The molecule has 0 saturated carbocycles. The fourth-order valence-corrected chi connectivity index (χ4v) is 4.22. The van der Waals surface area contributed by atoms with E-state index in [2.05, 4.69) is 11.4 Å². The highest BCUT2D eigenvalue weighted by Gasteiger charge is 2.29. The van der Waals surface area contributed by atoms with Gasteiger partial charge < -0.3 is 9.88 Å². The molecule has 0 radical (unpaired) electrons. The maximum absolute atomic E-state index is 13.4. The Morgan fingerprint density at radius 2 is 1.55 bits per heavy atom. The van der Waals surface area contributed by atoms with Crippen LogP contribution in [0.25, 0.3) is 22.0 Å². The molecule has 0 unspecified atom stereocenters. The molecule has 0 fully saturated rings. The summed E-state index contributed by atoms with van der Waals surface area (Å²) in [4.78, 5) is 26.6. The third-order valence-corrected chi connectivity index (χ3v) is 5.76. The quantitative estimate of drug-likeness (QED) is 0.463. The Morgan fingerprint density at radius 3 is 2.34 bits per heavy atom. The number of benzene rings is 3. The summed E-state index contributed by atoms with van der Waals surface area (Å²) in [5.41, 5.74) is 7.07. The fraction of sp³-hybridized carbons (Fsp3) is 0.120. The van der Waals surface area contributed by atoms with Crippen molar-refractivity contribution in [3.05, 3.63) is 93.3 Å². The number of aryl methyl sites for hydroxylation is 3. The van der Waals surface area contributed by atoms with Crippen LogP contribution in [0.15, 0.2) is 65.5 Å². The van der Waals surface area contributed by atoms with Crippen molar-refractivity contribution in [1.29, 1.82) is 0 Å². The number of carbonyl (C=O) groups excluding carboxylic acids is 1. The highest BCUT2D eigenvalue weighted by atomic mass is 16.1. The number of aromatic nitrogens is 1. The second-order valence-electron chi connectivity index (χ2n) is 7.63. The minimum atomic E-state index is -0.116. The number of fused-ring (bicyclic) bond motifs is 2. The summed E-state index contributed by atoms with van der Waals surface area (Å²) in [7, 11) is 1.75. The SMILES string of the molecule is Cc1ccc(C)c(Nc2c3c4c(cccc4n(C)c2=O)C(=O)c2ccccc2-3)c1. The van der Waals surface area contributed by atoms with Gasteiger partial charge in [0.1, 0.15) is 5.69 Å². The Kier molecular flexibility index (Phi) is 3.71. The highest BCUT2D eigenvalue weighted by molar-refractivity contribution is 6.27. The largest absolute Gasteiger partial charge is 0.350 e. The van der Waals surface area contributed by atoms with Crippen LogP contribution in [0, 0.1) is 13.8 Å². The molecule has 1 N–H and O–H groups in total. The van der Waals surface area contributed by atoms with Gasteiger partial charge in [-0.1, -0.05) is 48.5 Å². The van der Waals surface area contributed by atoms with Crippen molar-refractivity contribution in [3.63, 3.8) is 0 Å². The molecular weight excluding hydrogens is 360 g/mol. The molecule has 142 valence electrons. The Hall–Kier alpha value is -3.66. The fourth-order valence-electron chi connectivity index (χ4n) is 4.22. The maximum Gasteiger partial charge on any atom is 0.275 e. The lowest BCUT2D eigenvalue weighted by Gasteiger charge is -2.24. The summed E-state index contributed by atoms with van der Waals surface area (Å²) < 4.78 is 1.62. The van der Waals surface area contributed by atoms with Crippen LogP contribution in [-0.4, -0.2) is 10.4 Å². The maximum atomic E-state index is 13.4. The second kappa shape index (κ2) is 6.17. The van der Waals surface area contributed by atoms with Gasteiger partial charge in [0.05, 0.1) is 5.52 Å². The number of nitrogens with zero attached hydrogens (tertiary/aromatic N) is 1. The minimum absolute atomic E-state index is 0.00460. The molecule has 0 saturated heterocycles. The number of pyridine rings is 1. The lowest BCUT2D eigenvalue weighted by molar-refractivity contribution is 0.104. The van der Waals surface area contributed by atoms with Crippen molar-refractivity contribution < 1.29 is 4.79 Å². The van der Waals surface area contributed by atoms with Crippen molar-refractivity contribution in [2.75, 3.05) is 5.32 Å². The molecule has 0 amide bonds. The summed E-state index contributed by atoms with van der Waals surface area (Å²) in [5, 5.41) is 4.23. The normalized spacial score (nSPS) is 12.2. The molecule has 1 aliphatic carbocycles. The summed E-state index contributed by atoms with van der Waals surface area (Å²) in [5.74, 6) is -0.00460. The Labute approximate surface area is 168 Å². The first-order valence-corrected chi connectivity index (χ1v) is 9.61.